The first-order chi connectivity index (χ1) is 9.37. The van der Waals surface area contributed by atoms with Crippen molar-refractivity contribution in [3.05, 3.63) is 51.6 Å². The van der Waals surface area contributed by atoms with E-state index in [1.165, 1.54) is 24.5 Å². The zero-order valence-electron chi connectivity index (χ0n) is 10.4. The minimum Gasteiger partial charge on any atom is -0.258 e. The average Bonchev–Trinajstić information content (AvgIpc) is 2.87. The minimum atomic E-state index is -3.92. The Kier molecular flexibility index (Phi) is 3.78. The first-order valence-corrected chi connectivity index (χ1v) is 7.41. The van der Waals surface area contributed by atoms with Gasteiger partial charge in [-0.25, -0.2) is 17.4 Å². The second kappa shape index (κ2) is 5.22. The van der Waals surface area contributed by atoms with E-state index in [0.29, 0.717) is 12.2 Å². The number of benzene rings is 1. The van der Waals surface area contributed by atoms with Crippen LogP contribution < -0.4 is 0 Å². The van der Waals surface area contributed by atoms with Crippen molar-refractivity contribution in [1.82, 2.24) is 8.96 Å². The van der Waals surface area contributed by atoms with E-state index in [2.05, 4.69) is 4.98 Å². The highest BCUT2D eigenvalue weighted by molar-refractivity contribution is 7.90. The molecule has 7 nitrogen and oxygen atoms in total. The number of hydrogen-bond acceptors (Lipinski definition) is 5. The SMILES string of the molecule is CCc1nccn1S(=O)(=O)c1ccc(Cl)c([N+](=O)[O-])c1. The van der Waals surface area contributed by atoms with E-state index < -0.39 is 20.6 Å². The molecule has 2 aromatic rings. The van der Waals surface area contributed by atoms with Crippen LogP contribution in [0.25, 0.3) is 0 Å². The third-order valence-electron chi connectivity index (χ3n) is 2.67. The summed E-state index contributed by atoms with van der Waals surface area (Å²) in [7, 11) is -3.92. The quantitative estimate of drug-likeness (QED) is 0.637. The number of aromatic nitrogens is 2. The molecule has 0 aliphatic heterocycles. The van der Waals surface area contributed by atoms with Crippen molar-refractivity contribution in [2.24, 2.45) is 0 Å². The van der Waals surface area contributed by atoms with Gasteiger partial charge in [0.25, 0.3) is 15.7 Å². The molecule has 0 unspecified atom stereocenters. The van der Waals surface area contributed by atoms with Crippen molar-refractivity contribution in [2.45, 2.75) is 18.2 Å². The Morgan fingerprint density at radius 3 is 2.75 bits per heavy atom. The molecule has 1 aromatic heterocycles. The molecule has 0 fully saturated rings. The molecule has 20 heavy (non-hydrogen) atoms. The Labute approximate surface area is 120 Å². The minimum absolute atomic E-state index is 0.115. The van der Waals surface area contributed by atoms with Crippen LogP contribution in [0.3, 0.4) is 0 Å². The molecule has 0 amide bonds. The van der Waals surface area contributed by atoms with Gasteiger partial charge in [-0.3, -0.25) is 10.1 Å². The molecule has 0 bridgehead atoms. The van der Waals surface area contributed by atoms with Gasteiger partial charge in [0.05, 0.1) is 9.82 Å². The second-order valence-corrected chi connectivity index (χ2v) is 6.09. The number of nitro benzene ring substituents is 1. The maximum atomic E-state index is 12.4. The van der Waals surface area contributed by atoms with Crippen LogP contribution in [0.5, 0.6) is 0 Å². The van der Waals surface area contributed by atoms with Crippen LogP contribution in [-0.2, 0) is 16.4 Å². The van der Waals surface area contributed by atoms with E-state index in [9.17, 15) is 18.5 Å². The van der Waals surface area contributed by atoms with Crippen LogP contribution >= 0.6 is 11.6 Å². The van der Waals surface area contributed by atoms with Crippen molar-refractivity contribution < 1.29 is 13.3 Å². The number of nitrogens with zero attached hydrogens (tertiary/aromatic N) is 3. The lowest BCUT2D eigenvalue weighted by molar-refractivity contribution is -0.384. The molecule has 0 radical (unpaired) electrons. The van der Waals surface area contributed by atoms with E-state index in [1.54, 1.807) is 6.92 Å². The molecule has 106 valence electrons. The highest BCUT2D eigenvalue weighted by atomic mass is 35.5. The average molecular weight is 316 g/mol. The lowest BCUT2D eigenvalue weighted by Gasteiger charge is -2.08. The molecule has 9 heteroatoms. The fourth-order valence-corrected chi connectivity index (χ4v) is 3.28. The third-order valence-corrected chi connectivity index (χ3v) is 4.69. The van der Waals surface area contributed by atoms with E-state index >= 15 is 0 Å². The van der Waals surface area contributed by atoms with Gasteiger partial charge in [-0.2, -0.15) is 0 Å². The third kappa shape index (κ3) is 2.39. The van der Waals surface area contributed by atoms with Crippen molar-refractivity contribution in [2.75, 3.05) is 0 Å². The molecular weight excluding hydrogens is 306 g/mol. The molecule has 0 atom stereocenters. The number of aryl methyl sites for hydroxylation is 1. The molecule has 0 saturated carbocycles. The smallest absolute Gasteiger partial charge is 0.258 e. The standard InChI is InChI=1S/C11H10ClN3O4S/c1-2-11-13-5-6-14(11)20(18,19)8-3-4-9(12)10(7-8)15(16)17/h3-7H,2H2,1H3. The molecule has 0 N–H and O–H groups in total. The van der Waals surface area contributed by atoms with Crippen LogP contribution in [0.4, 0.5) is 5.69 Å². The monoisotopic (exact) mass is 315 g/mol. The summed E-state index contributed by atoms with van der Waals surface area (Å²) >= 11 is 5.67. The van der Waals surface area contributed by atoms with Gasteiger partial charge in [0, 0.05) is 24.9 Å². The number of imidazole rings is 1. The molecule has 1 aromatic carbocycles. The van der Waals surface area contributed by atoms with Gasteiger partial charge in [-0.05, 0) is 12.1 Å². The van der Waals surface area contributed by atoms with Crippen molar-refractivity contribution in [1.29, 1.82) is 0 Å². The fraction of sp³-hybridized carbons (Fsp3) is 0.182. The van der Waals surface area contributed by atoms with E-state index in [0.717, 1.165) is 10.0 Å². The maximum Gasteiger partial charge on any atom is 0.289 e. The second-order valence-electron chi connectivity index (χ2n) is 3.87. The Bertz CT molecular complexity index is 770. The van der Waals surface area contributed by atoms with Crippen LogP contribution in [0.1, 0.15) is 12.7 Å². The fourth-order valence-electron chi connectivity index (χ4n) is 1.70. The Morgan fingerprint density at radius 1 is 1.45 bits per heavy atom. The zero-order valence-corrected chi connectivity index (χ0v) is 11.9. The van der Waals surface area contributed by atoms with Gasteiger partial charge in [0.15, 0.2) is 0 Å². The van der Waals surface area contributed by atoms with Crippen LogP contribution in [0, 0.1) is 10.1 Å². The predicted octanol–water partition coefficient (Wildman–Crippen LogP) is 2.24. The van der Waals surface area contributed by atoms with Crippen LogP contribution in [0.2, 0.25) is 5.02 Å². The highest BCUT2D eigenvalue weighted by Crippen LogP contribution is 2.28. The molecule has 0 saturated heterocycles. The summed E-state index contributed by atoms with van der Waals surface area (Å²) in [6, 6.07) is 3.36. The highest BCUT2D eigenvalue weighted by Gasteiger charge is 2.23. The number of hydrogen-bond donors (Lipinski definition) is 0. The lowest BCUT2D eigenvalue weighted by atomic mass is 10.3. The predicted molar refractivity (Wildman–Crippen MR) is 72.3 cm³/mol. The van der Waals surface area contributed by atoms with E-state index in [1.807, 2.05) is 0 Å². The zero-order chi connectivity index (χ0) is 14.9. The van der Waals surface area contributed by atoms with E-state index in [-0.39, 0.29) is 9.92 Å². The Balaban J connectivity index is 2.61. The number of halogens is 1. The molecule has 0 aliphatic rings. The molecule has 2 rings (SSSR count). The maximum absolute atomic E-state index is 12.4. The van der Waals surface area contributed by atoms with Gasteiger partial charge < -0.3 is 0 Å². The molecule has 1 heterocycles. The summed E-state index contributed by atoms with van der Waals surface area (Å²) in [6.07, 6.45) is 3.08. The Morgan fingerprint density at radius 2 is 2.15 bits per heavy atom. The first kappa shape index (κ1) is 14.5. The summed E-state index contributed by atoms with van der Waals surface area (Å²) in [5, 5.41) is 10.7. The summed E-state index contributed by atoms with van der Waals surface area (Å²) in [5.74, 6) is 0.350. The van der Waals surface area contributed by atoms with Gasteiger partial charge in [-0.1, -0.05) is 18.5 Å². The molecule has 0 spiro atoms. The summed E-state index contributed by atoms with van der Waals surface area (Å²) in [5.41, 5.74) is -0.453. The molecule has 0 aliphatic carbocycles. The number of nitro groups is 1. The van der Waals surface area contributed by atoms with Crippen molar-refractivity contribution in [3.8, 4) is 0 Å². The summed E-state index contributed by atoms with van der Waals surface area (Å²) in [4.78, 5) is 13.8. The van der Waals surface area contributed by atoms with Gasteiger partial charge in [0.1, 0.15) is 10.8 Å². The number of rotatable bonds is 4. The van der Waals surface area contributed by atoms with Gasteiger partial charge in [0.2, 0.25) is 0 Å². The normalized spacial score (nSPS) is 11.5. The largest absolute Gasteiger partial charge is 0.289 e. The first-order valence-electron chi connectivity index (χ1n) is 5.59. The van der Waals surface area contributed by atoms with Crippen molar-refractivity contribution >= 4 is 27.3 Å². The summed E-state index contributed by atoms with van der Waals surface area (Å²) in [6.45, 7) is 1.76. The topological polar surface area (TPSA) is 95.1 Å². The summed E-state index contributed by atoms with van der Waals surface area (Å²) < 4.78 is 25.8. The van der Waals surface area contributed by atoms with E-state index in [4.69, 9.17) is 11.6 Å². The Hall–Kier alpha value is -1.93. The van der Waals surface area contributed by atoms with Crippen molar-refractivity contribution in [3.63, 3.8) is 0 Å². The lowest BCUT2D eigenvalue weighted by Crippen LogP contribution is -2.15. The van der Waals surface area contributed by atoms with Crippen LogP contribution in [0.15, 0.2) is 35.5 Å². The molecular formula is C11H10ClN3O4S. The van der Waals surface area contributed by atoms with Crippen LogP contribution in [-0.4, -0.2) is 22.3 Å². The van der Waals surface area contributed by atoms with Gasteiger partial charge in [-0.15, -0.1) is 0 Å². The van der Waals surface area contributed by atoms with Gasteiger partial charge >= 0.3 is 0 Å².